The van der Waals surface area contributed by atoms with Crippen LogP contribution >= 0.6 is 0 Å². The van der Waals surface area contributed by atoms with E-state index in [0.29, 0.717) is 0 Å². The third-order valence-electron chi connectivity index (χ3n) is 10.3. The van der Waals surface area contributed by atoms with Gasteiger partial charge in [0, 0.05) is 38.0 Å². The van der Waals surface area contributed by atoms with Crippen LogP contribution in [-0.2, 0) is 5.41 Å². The Balaban J connectivity index is 1.35. The van der Waals surface area contributed by atoms with Gasteiger partial charge >= 0.3 is 0 Å². The van der Waals surface area contributed by atoms with E-state index in [4.69, 9.17) is 4.42 Å². The molecular formula is C43H33NO. The molecule has 2 heteroatoms. The van der Waals surface area contributed by atoms with E-state index < -0.39 is 0 Å². The van der Waals surface area contributed by atoms with Crippen LogP contribution < -0.4 is 4.90 Å². The molecule has 2 nitrogen and oxygen atoms in total. The molecule has 0 spiro atoms. The van der Waals surface area contributed by atoms with E-state index in [1.165, 1.54) is 44.4 Å². The molecule has 0 bridgehead atoms. The Morgan fingerprint density at radius 2 is 1.13 bits per heavy atom. The van der Waals surface area contributed by atoms with Crippen molar-refractivity contribution in [3.63, 3.8) is 0 Å². The number of hydrogen-bond acceptors (Lipinski definition) is 2. The standard InChI is InChI=1S/C43H33NO/c1-3-43(4-2)37-19-9-7-16-31(37)32-24-23-29(27-38(32)43)44(39-20-11-14-28-13-5-6-15-30(28)39)40-21-12-18-35-33(40)25-26-36-34-17-8-10-22-41(34)45-42(35)36/h5-27H,3-4H2,1-2H3. The van der Waals surface area contributed by atoms with Gasteiger partial charge in [-0.3, -0.25) is 0 Å². The number of rotatable bonds is 5. The zero-order valence-electron chi connectivity index (χ0n) is 25.5. The molecule has 0 saturated heterocycles. The lowest BCUT2D eigenvalue weighted by Gasteiger charge is -2.32. The van der Waals surface area contributed by atoms with Crippen LogP contribution in [0.2, 0.25) is 0 Å². The number of para-hydroxylation sites is 1. The molecule has 7 aromatic carbocycles. The minimum atomic E-state index is -0.00838. The van der Waals surface area contributed by atoms with Crippen molar-refractivity contribution < 1.29 is 4.42 Å². The van der Waals surface area contributed by atoms with Gasteiger partial charge in [0.1, 0.15) is 11.2 Å². The summed E-state index contributed by atoms with van der Waals surface area (Å²) in [5.41, 5.74) is 10.9. The summed E-state index contributed by atoms with van der Waals surface area (Å²) in [6.07, 6.45) is 2.12. The van der Waals surface area contributed by atoms with Gasteiger partial charge in [0.2, 0.25) is 0 Å². The summed E-state index contributed by atoms with van der Waals surface area (Å²) in [5, 5.41) is 7.04. The van der Waals surface area contributed by atoms with Crippen LogP contribution in [0.25, 0.3) is 54.6 Å². The lowest BCUT2D eigenvalue weighted by molar-refractivity contribution is 0.490. The highest BCUT2D eigenvalue weighted by atomic mass is 16.3. The zero-order valence-corrected chi connectivity index (χ0v) is 25.5. The van der Waals surface area contributed by atoms with Gasteiger partial charge in [0.25, 0.3) is 0 Å². The molecule has 0 fully saturated rings. The van der Waals surface area contributed by atoms with Crippen molar-refractivity contribution in [1.29, 1.82) is 0 Å². The summed E-state index contributed by atoms with van der Waals surface area (Å²) in [5.74, 6) is 0. The predicted molar refractivity (Wildman–Crippen MR) is 190 cm³/mol. The SMILES string of the molecule is CCC1(CC)c2ccccc2-c2ccc(N(c3cccc4ccccc34)c3cccc4c3ccc3c5ccccc5oc43)cc21. The van der Waals surface area contributed by atoms with Crippen LogP contribution in [0.1, 0.15) is 37.8 Å². The quantitative estimate of drug-likeness (QED) is 0.202. The lowest BCUT2D eigenvalue weighted by Crippen LogP contribution is -2.23. The average molecular weight is 580 g/mol. The van der Waals surface area contributed by atoms with E-state index in [9.17, 15) is 0 Å². The highest BCUT2D eigenvalue weighted by Crippen LogP contribution is 2.54. The smallest absolute Gasteiger partial charge is 0.143 e. The van der Waals surface area contributed by atoms with Gasteiger partial charge < -0.3 is 9.32 Å². The summed E-state index contributed by atoms with van der Waals surface area (Å²) >= 11 is 0. The third kappa shape index (κ3) is 3.63. The van der Waals surface area contributed by atoms with Crippen molar-refractivity contribution in [3.05, 3.63) is 151 Å². The Hall–Kier alpha value is -5.34. The maximum Gasteiger partial charge on any atom is 0.143 e. The maximum absolute atomic E-state index is 6.52. The minimum absolute atomic E-state index is 0.00838. The number of anilines is 3. The number of fused-ring (bicyclic) bond motifs is 9. The predicted octanol–water partition coefficient (Wildman–Crippen LogP) is 12.4. The molecule has 0 saturated carbocycles. The third-order valence-corrected chi connectivity index (χ3v) is 10.3. The van der Waals surface area contributed by atoms with Crippen molar-refractivity contribution in [2.24, 2.45) is 0 Å². The van der Waals surface area contributed by atoms with Gasteiger partial charge in [0.05, 0.1) is 11.4 Å². The molecule has 216 valence electrons. The first kappa shape index (κ1) is 26.1. The van der Waals surface area contributed by atoms with Crippen molar-refractivity contribution in [1.82, 2.24) is 0 Å². The van der Waals surface area contributed by atoms with Crippen LogP contribution in [0.5, 0.6) is 0 Å². The first-order valence-electron chi connectivity index (χ1n) is 16.1. The Bertz CT molecular complexity index is 2420. The van der Waals surface area contributed by atoms with Gasteiger partial charge in [-0.25, -0.2) is 0 Å². The van der Waals surface area contributed by atoms with E-state index in [1.807, 2.05) is 6.07 Å². The summed E-state index contributed by atoms with van der Waals surface area (Å²) in [7, 11) is 0. The molecule has 9 rings (SSSR count). The highest BCUT2D eigenvalue weighted by molar-refractivity contribution is 6.18. The molecule has 1 aliphatic rings. The maximum atomic E-state index is 6.52. The largest absolute Gasteiger partial charge is 0.455 e. The monoisotopic (exact) mass is 579 g/mol. The van der Waals surface area contributed by atoms with E-state index >= 15 is 0 Å². The molecule has 0 atom stereocenters. The molecule has 45 heavy (non-hydrogen) atoms. The molecule has 0 unspecified atom stereocenters. The fourth-order valence-corrected chi connectivity index (χ4v) is 8.12. The summed E-state index contributed by atoms with van der Waals surface area (Å²) in [6, 6.07) is 51.0. The van der Waals surface area contributed by atoms with Crippen LogP contribution in [0, 0.1) is 0 Å². The van der Waals surface area contributed by atoms with Crippen molar-refractivity contribution >= 4 is 60.5 Å². The van der Waals surface area contributed by atoms with E-state index in [1.54, 1.807) is 0 Å². The second kappa shape index (κ2) is 9.84. The van der Waals surface area contributed by atoms with Crippen LogP contribution in [0.3, 0.4) is 0 Å². The Kier molecular flexibility index (Phi) is 5.70. The van der Waals surface area contributed by atoms with Gasteiger partial charge in [-0.05, 0) is 76.9 Å². The first-order valence-corrected chi connectivity index (χ1v) is 16.1. The van der Waals surface area contributed by atoms with Gasteiger partial charge in [0.15, 0.2) is 0 Å². The van der Waals surface area contributed by atoms with Crippen LogP contribution in [0.4, 0.5) is 17.1 Å². The van der Waals surface area contributed by atoms with Crippen molar-refractivity contribution in [3.8, 4) is 11.1 Å². The number of furan rings is 1. The molecule has 0 N–H and O–H groups in total. The molecule has 0 aliphatic heterocycles. The van der Waals surface area contributed by atoms with E-state index in [2.05, 4.69) is 152 Å². The van der Waals surface area contributed by atoms with Crippen LogP contribution in [-0.4, -0.2) is 0 Å². The second-order valence-electron chi connectivity index (χ2n) is 12.3. The highest BCUT2D eigenvalue weighted by Gasteiger charge is 2.40. The van der Waals surface area contributed by atoms with Gasteiger partial charge in [-0.15, -0.1) is 0 Å². The topological polar surface area (TPSA) is 16.4 Å². The molecule has 1 aliphatic carbocycles. The number of benzene rings is 7. The normalized spacial score (nSPS) is 13.5. The molecule has 1 aromatic heterocycles. The summed E-state index contributed by atoms with van der Waals surface area (Å²) in [4.78, 5) is 2.47. The minimum Gasteiger partial charge on any atom is -0.455 e. The Morgan fingerprint density at radius 1 is 0.511 bits per heavy atom. The van der Waals surface area contributed by atoms with E-state index in [-0.39, 0.29) is 5.41 Å². The number of nitrogens with zero attached hydrogens (tertiary/aromatic N) is 1. The lowest BCUT2D eigenvalue weighted by atomic mass is 9.74. The zero-order chi connectivity index (χ0) is 30.1. The second-order valence-corrected chi connectivity index (χ2v) is 12.3. The number of hydrogen-bond donors (Lipinski definition) is 0. The fourth-order valence-electron chi connectivity index (χ4n) is 8.12. The molecule has 0 radical (unpaired) electrons. The van der Waals surface area contributed by atoms with Crippen molar-refractivity contribution in [2.75, 3.05) is 4.90 Å². The van der Waals surface area contributed by atoms with Crippen molar-refractivity contribution in [2.45, 2.75) is 32.1 Å². The van der Waals surface area contributed by atoms with Gasteiger partial charge in [-0.2, -0.15) is 0 Å². The average Bonchev–Trinajstić information content (AvgIpc) is 3.62. The first-order chi connectivity index (χ1) is 22.2. The Labute approximate surface area is 263 Å². The fraction of sp³-hybridized carbons (Fsp3) is 0.116. The summed E-state index contributed by atoms with van der Waals surface area (Å²) < 4.78 is 6.52. The van der Waals surface area contributed by atoms with Crippen LogP contribution in [0.15, 0.2) is 144 Å². The molecule has 8 aromatic rings. The molecular weight excluding hydrogens is 546 g/mol. The van der Waals surface area contributed by atoms with E-state index in [0.717, 1.165) is 51.2 Å². The summed E-state index contributed by atoms with van der Waals surface area (Å²) in [6.45, 7) is 4.68. The van der Waals surface area contributed by atoms with Gasteiger partial charge in [-0.1, -0.05) is 117 Å². The Morgan fingerprint density at radius 3 is 2.00 bits per heavy atom. The molecule has 1 heterocycles. The molecule has 0 amide bonds.